The van der Waals surface area contributed by atoms with Crippen LogP contribution in [0.4, 0.5) is 40.3 Å². The van der Waals surface area contributed by atoms with Crippen LogP contribution >= 0.6 is 23.1 Å². The van der Waals surface area contributed by atoms with E-state index in [1.807, 2.05) is 0 Å². The Labute approximate surface area is 253 Å². The summed E-state index contributed by atoms with van der Waals surface area (Å²) in [6, 6.07) is 3.51. The van der Waals surface area contributed by atoms with Crippen molar-refractivity contribution in [3.63, 3.8) is 0 Å². The maximum atomic E-state index is 15.2. The van der Waals surface area contributed by atoms with Gasteiger partial charge >= 0.3 is 24.3 Å². The van der Waals surface area contributed by atoms with Crippen LogP contribution < -0.4 is 5.32 Å². The highest BCUT2D eigenvalue weighted by molar-refractivity contribution is 7.99. The number of nitrogens with zero attached hydrogens (tertiary/aromatic N) is 3. The third kappa shape index (κ3) is 8.75. The smallest absolute Gasteiger partial charge is 0.475 e. The number of thioether (sulfide) groups is 1. The van der Waals surface area contributed by atoms with Crippen LogP contribution in [0, 0.1) is 18.7 Å². The molecule has 11 nitrogen and oxygen atoms in total. The minimum Gasteiger partial charge on any atom is -0.475 e. The van der Waals surface area contributed by atoms with Gasteiger partial charge in [-0.15, -0.1) is 11.8 Å². The molecule has 2 atom stereocenters. The minimum atomic E-state index is -5.08. The van der Waals surface area contributed by atoms with Gasteiger partial charge in [0, 0.05) is 16.7 Å². The number of H-pyrrole nitrogens is 1. The molecule has 3 heterocycles. The second-order valence-electron chi connectivity index (χ2n) is 8.87. The van der Waals surface area contributed by atoms with Crippen LogP contribution in [0.2, 0.25) is 0 Å². The van der Waals surface area contributed by atoms with Gasteiger partial charge in [0.1, 0.15) is 22.3 Å². The van der Waals surface area contributed by atoms with Gasteiger partial charge in [0.05, 0.1) is 34.8 Å². The first-order valence-corrected chi connectivity index (χ1v) is 13.9. The fourth-order valence-electron chi connectivity index (χ4n) is 3.50. The van der Waals surface area contributed by atoms with E-state index >= 15 is 4.39 Å². The molecule has 244 valence electrons. The molecule has 1 fully saturated rings. The van der Waals surface area contributed by atoms with Crippen molar-refractivity contribution in [1.29, 1.82) is 0 Å². The van der Waals surface area contributed by atoms with Crippen LogP contribution in [0.15, 0.2) is 23.2 Å². The van der Waals surface area contributed by atoms with Gasteiger partial charge in [-0.2, -0.15) is 31.4 Å². The molecule has 1 saturated carbocycles. The number of aromatic amines is 1. The number of halogens is 8. The summed E-state index contributed by atoms with van der Waals surface area (Å²) in [6.07, 6.45) is -9.36. The molecule has 5 rings (SSSR count). The van der Waals surface area contributed by atoms with Crippen LogP contribution in [0.5, 0.6) is 0 Å². The number of benzene rings is 1. The minimum absolute atomic E-state index is 0.0598. The molecule has 0 aliphatic heterocycles. The summed E-state index contributed by atoms with van der Waals surface area (Å²) >= 11 is 2.41. The monoisotopic (exact) mass is 689 g/mol. The van der Waals surface area contributed by atoms with Gasteiger partial charge in [-0.25, -0.2) is 28.3 Å². The Morgan fingerprint density at radius 2 is 1.67 bits per heavy atom. The molecule has 5 N–H and O–H groups in total. The van der Waals surface area contributed by atoms with Crippen molar-refractivity contribution in [1.82, 2.24) is 20.2 Å². The lowest BCUT2D eigenvalue weighted by molar-refractivity contribution is -0.193. The number of nitrogens with one attached hydrogen (secondary N) is 2. The van der Waals surface area contributed by atoms with Crippen LogP contribution in [-0.2, 0) is 14.4 Å². The maximum absolute atomic E-state index is 15.2. The lowest BCUT2D eigenvalue weighted by Gasteiger charge is -2.12. The zero-order valence-corrected chi connectivity index (χ0v) is 23.9. The van der Waals surface area contributed by atoms with E-state index in [4.69, 9.17) is 24.9 Å². The number of amides is 1. The number of carboxylic acid groups (broad SMARTS) is 2. The highest BCUT2D eigenvalue weighted by Gasteiger charge is 2.44. The van der Waals surface area contributed by atoms with E-state index < -0.39 is 36.4 Å². The highest BCUT2D eigenvalue weighted by atomic mass is 32.2. The van der Waals surface area contributed by atoms with Gasteiger partial charge in [0.15, 0.2) is 5.13 Å². The van der Waals surface area contributed by atoms with Gasteiger partial charge in [-0.1, -0.05) is 11.3 Å². The average molecular weight is 690 g/mol. The maximum Gasteiger partial charge on any atom is 0.490 e. The first-order valence-electron chi connectivity index (χ1n) is 12.1. The third-order valence-corrected chi connectivity index (χ3v) is 7.59. The molecular weight excluding hydrogens is 670 g/mol. The zero-order chi connectivity index (χ0) is 33.9. The number of thiazole rings is 1. The largest absolute Gasteiger partial charge is 0.490 e. The van der Waals surface area contributed by atoms with E-state index in [2.05, 4.69) is 25.5 Å². The highest BCUT2D eigenvalue weighted by Crippen LogP contribution is 2.40. The number of carbonyl (C=O) groups excluding carboxylic acids is 1. The Balaban J connectivity index is 0.000000331. The van der Waals surface area contributed by atoms with Crippen LogP contribution in [-0.4, -0.2) is 84.2 Å². The second kappa shape index (κ2) is 13.9. The van der Waals surface area contributed by atoms with Crippen molar-refractivity contribution < 1.29 is 64.8 Å². The number of aliphatic hydroxyl groups excluding tert-OH is 1. The molecule has 0 saturated heterocycles. The summed E-state index contributed by atoms with van der Waals surface area (Å²) in [5.41, 5.74) is 2.76. The number of carboxylic acids is 2. The number of aliphatic hydroxyl groups is 1. The lowest BCUT2D eigenvalue weighted by atomic mass is 10.00. The Bertz CT molecular complexity index is 1700. The molecule has 1 aromatic carbocycles. The molecule has 0 unspecified atom stereocenters. The number of hydrogen-bond acceptors (Lipinski definition) is 9. The standard InChI is InChI=1S/C20H17F2N5O2S2.2C2HF3O2/c1-8-14(10-7-23-27-16(10)17(15(8)22)30-5-4-28)12-2-3-13-19(24-12)31-20(25-13)26-18(29)9-6-11(9)21;2*3-2(4,5)1(6)7/h2-3,7,9,11,28H,4-6H2,1H3,(H,23,27)(H,25,26,29);2*(H,6,7)/t9-,11+;;/m1../s1. The SMILES string of the molecule is Cc1c(F)c(SCCO)c2[nH]ncc2c1-c1ccc2nc(NC(=O)[C@@H]3C[C@@H]3F)sc2n1.O=C(O)C(F)(F)F.O=C(O)C(F)(F)F. The van der Waals surface area contributed by atoms with Gasteiger partial charge in [-0.05, 0) is 31.0 Å². The average Bonchev–Trinajstić information content (AvgIpc) is 3.29. The van der Waals surface area contributed by atoms with Gasteiger partial charge in [0.25, 0.3) is 0 Å². The Morgan fingerprint density at radius 3 is 2.18 bits per heavy atom. The van der Waals surface area contributed by atoms with Crippen LogP contribution in [0.1, 0.15) is 12.0 Å². The number of aliphatic carboxylic acids is 2. The molecule has 3 aromatic heterocycles. The Hall–Kier alpha value is -4.11. The van der Waals surface area contributed by atoms with Gasteiger partial charge < -0.3 is 20.6 Å². The summed E-state index contributed by atoms with van der Waals surface area (Å²) in [6.45, 7) is 1.63. The predicted molar refractivity (Wildman–Crippen MR) is 144 cm³/mol. The van der Waals surface area contributed by atoms with Crippen molar-refractivity contribution in [3.8, 4) is 11.3 Å². The summed E-state index contributed by atoms with van der Waals surface area (Å²) in [5.74, 6) is -6.50. The van der Waals surface area contributed by atoms with Gasteiger partial charge in [0.2, 0.25) is 5.91 Å². The molecule has 4 aromatic rings. The van der Waals surface area contributed by atoms with Crippen molar-refractivity contribution in [3.05, 3.63) is 29.7 Å². The molecular formula is C24H19F8N5O6S2. The lowest BCUT2D eigenvalue weighted by Crippen LogP contribution is -2.21. The van der Waals surface area contributed by atoms with E-state index in [0.717, 1.165) is 5.39 Å². The molecule has 1 amide bonds. The van der Waals surface area contributed by atoms with Crippen molar-refractivity contribution in [2.45, 2.75) is 36.8 Å². The summed E-state index contributed by atoms with van der Waals surface area (Å²) in [7, 11) is 0. The second-order valence-corrected chi connectivity index (χ2v) is 10.9. The number of anilines is 1. The molecule has 0 bridgehead atoms. The fraction of sp³-hybridized carbons (Fsp3) is 0.333. The van der Waals surface area contributed by atoms with Crippen molar-refractivity contribution in [2.24, 2.45) is 5.92 Å². The van der Waals surface area contributed by atoms with E-state index in [1.165, 1.54) is 23.1 Å². The number of aromatic nitrogens is 4. The first kappa shape index (κ1) is 35.4. The van der Waals surface area contributed by atoms with Crippen LogP contribution in [0.25, 0.3) is 32.5 Å². The molecule has 21 heteroatoms. The number of carbonyl (C=O) groups is 3. The van der Waals surface area contributed by atoms with Gasteiger partial charge in [-0.3, -0.25) is 9.89 Å². The van der Waals surface area contributed by atoms with E-state index in [9.17, 15) is 35.5 Å². The third-order valence-electron chi connectivity index (χ3n) is 5.65. The topological polar surface area (TPSA) is 178 Å². The Morgan fingerprint density at radius 1 is 1.09 bits per heavy atom. The quantitative estimate of drug-likeness (QED) is 0.131. The molecule has 0 radical (unpaired) electrons. The van der Waals surface area contributed by atoms with Crippen molar-refractivity contribution in [2.75, 3.05) is 17.7 Å². The number of fused-ring (bicyclic) bond motifs is 2. The molecule has 1 aliphatic rings. The molecule has 1 aliphatic carbocycles. The predicted octanol–water partition coefficient (Wildman–Crippen LogP) is 5.33. The van der Waals surface area contributed by atoms with E-state index in [1.54, 1.807) is 25.3 Å². The summed E-state index contributed by atoms with van der Waals surface area (Å²) in [4.78, 5) is 39.8. The molecule has 0 spiro atoms. The fourth-order valence-corrected chi connectivity index (χ4v) is 5.21. The van der Waals surface area contributed by atoms with E-state index in [0.29, 0.717) is 48.5 Å². The number of rotatable bonds is 6. The normalized spacial score (nSPS) is 16.0. The number of pyridine rings is 1. The summed E-state index contributed by atoms with van der Waals surface area (Å²) in [5, 5.41) is 34.0. The zero-order valence-electron chi connectivity index (χ0n) is 22.3. The van der Waals surface area contributed by atoms with E-state index in [-0.39, 0.29) is 24.8 Å². The van der Waals surface area contributed by atoms with Crippen LogP contribution in [0.3, 0.4) is 0 Å². The summed E-state index contributed by atoms with van der Waals surface area (Å²) < 4.78 is 91.8. The number of hydrogen-bond donors (Lipinski definition) is 5. The Kier molecular flexibility index (Phi) is 10.9. The number of alkyl halides is 7. The molecule has 45 heavy (non-hydrogen) atoms. The first-order chi connectivity index (χ1) is 20.9. The van der Waals surface area contributed by atoms with Crippen molar-refractivity contribution >= 4 is 67.3 Å².